The highest BCUT2D eigenvalue weighted by molar-refractivity contribution is 5.90. The number of piperazine rings is 1. The molecule has 114 valence electrons. The Morgan fingerprint density at radius 2 is 1.55 bits per heavy atom. The number of amides is 3. The molecule has 2 aromatic rings. The first kappa shape index (κ1) is 14.4. The topological polar surface area (TPSA) is 66.6 Å². The van der Waals surface area contributed by atoms with Gasteiger partial charge >= 0.3 is 6.03 Å². The first-order valence-electron chi connectivity index (χ1n) is 7.44. The van der Waals surface area contributed by atoms with E-state index in [1.807, 2.05) is 30.3 Å². The third kappa shape index (κ3) is 2.88. The number of nitrogens with zero attached hydrogens (tertiary/aromatic N) is 2. The fourth-order valence-electron chi connectivity index (χ4n) is 2.90. The number of hydrogen-bond donors (Lipinski definition) is 1. The third-order valence-corrected chi connectivity index (χ3v) is 4.17. The normalized spacial score (nSPS) is 15.1. The van der Waals surface area contributed by atoms with E-state index in [9.17, 15) is 9.59 Å². The molecule has 3 rings (SSSR count). The van der Waals surface area contributed by atoms with Gasteiger partial charge in [0.15, 0.2) is 0 Å². The van der Waals surface area contributed by atoms with Crippen molar-refractivity contribution in [3.63, 3.8) is 0 Å². The third-order valence-electron chi connectivity index (χ3n) is 4.17. The van der Waals surface area contributed by atoms with Crippen molar-refractivity contribution >= 4 is 22.7 Å². The molecule has 5 heteroatoms. The number of rotatable bonds is 2. The predicted octanol–water partition coefficient (Wildman–Crippen LogP) is 1.61. The van der Waals surface area contributed by atoms with Crippen LogP contribution >= 0.6 is 0 Å². The van der Waals surface area contributed by atoms with Crippen LogP contribution in [0.2, 0.25) is 0 Å². The van der Waals surface area contributed by atoms with E-state index in [0.29, 0.717) is 32.6 Å². The molecule has 5 nitrogen and oxygen atoms in total. The van der Waals surface area contributed by atoms with Crippen LogP contribution in [0.25, 0.3) is 10.8 Å². The summed E-state index contributed by atoms with van der Waals surface area (Å²) in [7, 11) is 0. The van der Waals surface area contributed by atoms with Gasteiger partial charge in [0.05, 0.1) is 6.42 Å². The molecule has 0 unspecified atom stereocenters. The van der Waals surface area contributed by atoms with Gasteiger partial charge in [-0.3, -0.25) is 4.79 Å². The minimum Gasteiger partial charge on any atom is -0.351 e. The summed E-state index contributed by atoms with van der Waals surface area (Å²) in [6.45, 7) is 2.12. The van der Waals surface area contributed by atoms with Gasteiger partial charge < -0.3 is 15.5 Å². The summed E-state index contributed by atoms with van der Waals surface area (Å²) in [6, 6.07) is 13.7. The van der Waals surface area contributed by atoms with E-state index < -0.39 is 6.03 Å². The van der Waals surface area contributed by atoms with E-state index in [1.54, 1.807) is 9.80 Å². The number of primary amides is 1. The van der Waals surface area contributed by atoms with Crippen LogP contribution in [0.3, 0.4) is 0 Å². The van der Waals surface area contributed by atoms with Crippen LogP contribution in [0.4, 0.5) is 4.79 Å². The lowest BCUT2D eigenvalue weighted by Crippen LogP contribution is -2.52. The van der Waals surface area contributed by atoms with Crippen LogP contribution in [-0.4, -0.2) is 47.9 Å². The zero-order valence-corrected chi connectivity index (χ0v) is 12.4. The molecule has 2 aromatic carbocycles. The maximum Gasteiger partial charge on any atom is 0.314 e. The summed E-state index contributed by atoms with van der Waals surface area (Å²) in [4.78, 5) is 27.0. The lowest BCUT2D eigenvalue weighted by molar-refractivity contribution is -0.131. The monoisotopic (exact) mass is 297 g/mol. The molecule has 0 radical (unpaired) electrons. The molecule has 1 aliphatic rings. The summed E-state index contributed by atoms with van der Waals surface area (Å²) >= 11 is 0. The van der Waals surface area contributed by atoms with Gasteiger partial charge in [0.25, 0.3) is 0 Å². The molecular formula is C17H19N3O2. The fourth-order valence-corrected chi connectivity index (χ4v) is 2.90. The highest BCUT2D eigenvalue weighted by Gasteiger charge is 2.23. The van der Waals surface area contributed by atoms with E-state index >= 15 is 0 Å². The van der Waals surface area contributed by atoms with Crippen molar-refractivity contribution < 1.29 is 9.59 Å². The molecule has 0 aliphatic carbocycles. The molecule has 3 amide bonds. The molecule has 0 bridgehead atoms. The van der Waals surface area contributed by atoms with Crippen molar-refractivity contribution in [2.24, 2.45) is 5.73 Å². The first-order chi connectivity index (χ1) is 10.6. The zero-order valence-electron chi connectivity index (χ0n) is 12.4. The second-order valence-corrected chi connectivity index (χ2v) is 5.52. The first-order valence-corrected chi connectivity index (χ1v) is 7.44. The highest BCUT2D eigenvalue weighted by Crippen LogP contribution is 2.19. The average molecular weight is 297 g/mol. The van der Waals surface area contributed by atoms with Gasteiger partial charge in [-0.15, -0.1) is 0 Å². The van der Waals surface area contributed by atoms with Crippen molar-refractivity contribution in [1.82, 2.24) is 9.80 Å². The van der Waals surface area contributed by atoms with Crippen molar-refractivity contribution in [2.75, 3.05) is 26.2 Å². The molecule has 22 heavy (non-hydrogen) atoms. The van der Waals surface area contributed by atoms with E-state index in [2.05, 4.69) is 12.1 Å². The zero-order chi connectivity index (χ0) is 15.5. The number of carbonyl (C=O) groups excluding carboxylic acids is 2. The lowest BCUT2D eigenvalue weighted by atomic mass is 10.0. The molecular weight excluding hydrogens is 278 g/mol. The van der Waals surface area contributed by atoms with Gasteiger partial charge in [0, 0.05) is 26.2 Å². The van der Waals surface area contributed by atoms with Crippen molar-refractivity contribution in [1.29, 1.82) is 0 Å². The number of urea groups is 1. The minimum atomic E-state index is -0.416. The molecule has 1 aliphatic heterocycles. The predicted molar refractivity (Wildman–Crippen MR) is 85.4 cm³/mol. The van der Waals surface area contributed by atoms with Crippen LogP contribution in [-0.2, 0) is 11.2 Å². The second-order valence-electron chi connectivity index (χ2n) is 5.52. The van der Waals surface area contributed by atoms with E-state index in [4.69, 9.17) is 5.73 Å². The van der Waals surface area contributed by atoms with Gasteiger partial charge in [-0.25, -0.2) is 4.79 Å². The van der Waals surface area contributed by atoms with Crippen LogP contribution in [0.1, 0.15) is 5.56 Å². The van der Waals surface area contributed by atoms with Crippen molar-refractivity contribution in [2.45, 2.75) is 6.42 Å². The highest BCUT2D eigenvalue weighted by atomic mass is 16.2. The molecule has 1 fully saturated rings. The fraction of sp³-hybridized carbons (Fsp3) is 0.294. The summed E-state index contributed by atoms with van der Waals surface area (Å²) < 4.78 is 0. The summed E-state index contributed by atoms with van der Waals surface area (Å²) in [5.41, 5.74) is 6.30. The standard InChI is InChI=1S/C17H19N3O2/c18-17(22)20-10-8-19(9-11-20)16(21)12-14-6-3-5-13-4-1-2-7-15(13)14/h1-7H,8-12H2,(H2,18,22). The van der Waals surface area contributed by atoms with Crippen LogP contribution < -0.4 is 5.73 Å². The van der Waals surface area contributed by atoms with Gasteiger partial charge in [0.1, 0.15) is 0 Å². The largest absolute Gasteiger partial charge is 0.351 e. The summed E-state index contributed by atoms with van der Waals surface area (Å²) in [5, 5.41) is 2.26. The van der Waals surface area contributed by atoms with Crippen LogP contribution in [0, 0.1) is 0 Å². The van der Waals surface area contributed by atoms with Crippen LogP contribution in [0.5, 0.6) is 0 Å². The number of hydrogen-bond acceptors (Lipinski definition) is 2. The summed E-state index contributed by atoms with van der Waals surface area (Å²) in [6.07, 6.45) is 0.387. The second kappa shape index (κ2) is 6.05. The molecule has 0 spiro atoms. The Balaban J connectivity index is 1.70. The summed E-state index contributed by atoms with van der Waals surface area (Å²) in [5.74, 6) is 0.0977. The molecule has 2 N–H and O–H groups in total. The minimum absolute atomic E-state index is 0.0977. The van der Waals surface area contributed by atoms with E-state index in [1.165, 1.54) is 0 Å². The molecule has 0 aromatic heterocycles. The molecule has 1 saturated heterocycles. The maximum absolute atomic E-state index is 12.5. The Morgan fingerprint density at radius 1 is 0.909 bits per heavy atom. The van der Waals surface area contributed by atoms with Gasteiger partial charge in [-0.2, -0.15) is 0 Å². The smallest absolute Gasteiger partial charge is 0.314 e. The number of carbonyl (C=O) groups is 2. The molecule has 0 atom stereocenters. The Hall–Kier alpha value is -2.56. The van der Waals surface area contributed by atoms with Gasteiger partial charge in [-0.1, -0.05) is 42.5 Å². The van der Waals surface area contributed by atoms with Gasteiger partial charge in [-0.05, 0) is 16.3 Å². The van der Waals surface area contributed by atoms with Crippen molar-refractivity contribution in [3.05, 3.63) is 48.0 Å². The Labute approximate surface area is 129 Å². The van der Waals surface area contributed by atoms with Gasteiger partial charge in [0.2, 0.25) is 5.91 Å². The Bertz CT molecular complexity index is 701. The molecule has 0 saturated carbocycles. The van der Waals surface area contributed by atoms with Crippen LogP contribution in [0.15, 0.2) is 42.5 Å². The van der Waals surface area contributed by atoms with E-state index in [0.717, 1.165) is 16.3 Å². The Morgan fingerprint density at radius 3 is 2.27 bits per heavy atom. The van der Waals surface area contributed by atoms with E-state index in [-0.39, 0.29) is 5.91 Å². The lowest BCUT2D eigenvalue weighted by Gasteiger charge is -2.33. The Kier molecular flexibility index (Phi) is 3.96. The average Bonchev–Trinajstić information content (AvgIpc) is 2.55. The quantitative estimate of drug-likeness (QED) is 0.915. The maximum atomic E-state index is 12.5. The SMILES string of the molecule is NC(=O)N1CCN(C(=O)Cc2cccc3ccccc23)CC1. The number of benzene rings is 2. The molecule has 1 heterocycles. The number of nitrogens with two attached hydrogens (primary N) is 1. The number of fused-ring (bicyclic) bond motifs is 1. The van der Waals surface area contributed by atoms with Crippen molar-refractivity contribution in [3.8, 4) is 0 Å².